The van der Waals surface area contributed by atoms with Crippen LogP contribution in [-0.4, -0.2) is 4.57 Å². The molecule has 0 radical (unpaired) electrons. The molecule has 54 heavy (non-hydrogen) atoms. The zero-order chi connectivity index (χ0) is 35.6. The van der Waals surface area contributed by atoms with Crippen molar-refractivity contribution in [3.05, 3.63) is 206 Å². The lowest BCUT2D eigenvalue weighted by molar-refractivity contribution is 1.20. The Balaban J connectivity index is 1.11. The molecule has 0 atom stereocenters. The van der Waals surface area contributed by atoms with Crippen molar-refractivity contribution in [2.75, 3.05) is 4.90 Å². The number of para-hydroxylation sites is 3. The number of aromatic nitrogens is 1. The van der Waals surface area contributed by atoms with Gasteiger partial charge in [0.25, 0.3) is 0 Å². The van der Waals surface area contributed by atoms with Crippen molar-refractivity contribution < 1.29 is 0 Å². The van der Waals surface area contributed by atoms with Gasteiger partial charge in [-0.05, 0) is 92.3 Å². The van der Waals surface area contributed by atoms with Crippen LogP contribution < -0.4 is 4.90 Å². The molecule has 2 heteroatoms. The Morgan fingerprint density at radius 3 is 1.46 bits per heavy atom. The number of nitrogens with zero attached hydrogens (tertiary/aromatic N) is 2. The first kappa shape index (κ1) is 30.5. The van der Waals surface area contributed by atoms with Gasteiger partial charge in [0.1, 0.15) is 0 Å². The highest BCUT2D eigenvalue weighted by Gasteiger charge is 2.21. The van der Waals surface area contributed by atoms with Crippen molar-refractivity contribution in [1.29, 1.82) is 0 Å². The minimum atomic E-state index is 1.11. The van der Waals surface area contributed by atoms with Crippen molar-refractivity contribution in [3.63, 3.8) is 0 Å². The van der Waals surface area contributed by atoms with Gasteiger partial charge in [0, 0.05) is 32.9 Å². The van der Waals surface area contributed by atoms with Crippen molar-refractivity contribution in [3.8, 4) is 27.9 Å². The van der Waals surface area contributed by atoms with E-state index in [1.54, 1.807) is 0 Å². The fraction of sp³-hybridized carbons (Fsp3) is 0. The lowest BCUT2D eigenvalue weighted by atomic mass is 9.92. The molecule has 0 aliphatic heterocycles. The molecule has 0 bridgehead atoms. The number of benzene rings is 10. The Morgan fingerprint density at radius 2 is 0.796 bits per heavy atom. The van der Waals surface area contributed by atoms with Gasteiger partial charge in [0.05, 0.1) is 22.4 Å². The van der Waals surface area contributed by atoms with Crippen LogP contribution in [0.4, 0.5) is 17.1 Å². The molecule has 11 rings (SSSR count). The molecule has 1 heterocycles. The zero-order valence-electron chi connectivity index (χ0n) is 29.5. The summed E-state index contributed by atoms with van der Waals surface area (Å²) < 4.78 is 2.45. The van der Waals surface area contributed by atoms with E-state index in [2.05, 4.69) is 216 Å². The van der Waals surface area contributed by atoms with Crippen LogP contribution >= 0.6 is 0 Å². The first-order valence-corrected chi connectivity index (χ1v) is 18.6. The molecule has 0 N–H and O–H groups in total. The lowest BCUT2D eigenvalue weighted by Gasteiger charge is -2.28. The molecule has 10 aromatic carbocycles. The Labute approximate surface area is 313 Å². The number of fused-ring (bicyclic) bond motifs is 3. The van der Waals surface area contributed by atoms with Gasteiger partial charge >= 0.3 is 0 Å². The monoisotopic (exact) mass is 686 g/mol. The van der Waals surface area contributed by atoms with E-state index >= 15 is 0 Å². The highest BCUT2D eigenvalue weighted by molar-refractivity contribution is 6.27. The van der Waals surface area contributed by atoms with Gasteiger partial charge in [0.15, 0.2) is 0 Å². The van der Waals surface area contributed by atoms with E-state index in [9.17, 15) is 0 Å². The van der Waals surface area contributed by atoms with Gasteiger partial charge in [-0.15, -0.1) is 0 Å². The minimum Gasteiger partial charge on any atom is -0.310 e. The van der Waals surface area contributed by atoms with E-state index in [0.717, 1.165) is 17.1 Å². The highest BCUT2D eigenvalue weighted by atomic mass is 15.1. The highest BCUT2D eigenvalue weighted by Crippen LogP contribution is 2.46. The molecule has 0 unspecified atom stereocenters. The van der Waals surface area contributed by atoms with E-state index in [1.807, 2.05) is 0 Å². The first-order valence-electron chi connectivity index (χ1n) is 18.6. The van der Waals surface area contributed by atoms with Gasteiger partial charge < -0.3 is 9.47 Å². The Kier molecular flexibility index (Phi) is 6.90. The molecule has 252 valence electrons. The quantitative estimate of drug-likeness (QED) is 0.158. The molecule has 0 aliphatic carbocycles. The van der Waals surface area contributed by atoms with Crippen LogP contribution in [0.15, 0.2) is 206 Å². The number of rotatable bonds is 6. The summed E-state index contributed by atoms with van der Waals surface area (Å²) in [5, 5.41) is 10.1. The lowest BCUT2D eigenvalue weighted by Crippen LogP contribution is -2.10. The molecule has 0 amide bonds. The maximum absolute atomic E-state index is 2.45. The van der Waals surface area contributed by atoms with Crippen molar-refractivity contribution >= 4 is 71.2 Å². The molecule has 0 aliphatic rings. The fourth-order valence-electron chi connectivity index (χ4n) is 8.74. The SMILES string of the molecule is c1ccc(-c2ccccc2-c2ccc(N(c3ccccc3)c3ccc4ccc5c(-n6c7ccccc7c7ccccc76)ccc6ccc3c4c65)cc2)cc1. The van der Waals surface area contributed by atoms with Crippen molar-refractivity contribution in [2.24, 2.45) is 0 Å². The Morgan fingerprint density at radius 1 is 0.315 bits per heavy atom. The van der Waals surface area contributed by atoms with E-state index in [0.29, 0.717) is 0 Å². The van der Waals surface area contributed by atoms with Crippen LogP contribution in [0.2, 0.25) is 0 Å². The van der Waals surface area contributed by atoms with Gasteiger partial charge in [-0.3, -0.25) is 0 Å². The van der Waals surface area contributed by atoms with Gasteiger partial charge in [-0.25, -0.2) is 0 Å². The summed E-state index contributed by atoms with van der Waals surface area (Å²) in [4.78, 5) is 2.41. The summed E-state index contributed by atoms with van der Waals surface area (Å²) in [5.74, 6) is 0. The van der Waals surface area contributed by atoms with E-state index < -0.39 is 0 Å². The van der Waals surface area contributed by atoms with Crippen LogP contribution in [0.3, 0.4) is 0 Å². The molecule has 0 fully saturated rings. The predicted octanol–water partition coefficient (Wildman–Crippen LogP) is 14.5. The number of anilines is 3. The third kappa shape index (κ3) is 4.67. The summed E-state index contributed by atoms with van der Waals surface area (Å²) in [6.07, 6.45) is 0. The van der Waals surface area contributed by atoms with Crippen LogP contribution in [0.1, 0.15) is 0 Å². The smallest absolute Gasteiger partial charge is 0.0541 e. The largest absolute Gasteiger partial charge is 0.310 e. The summed E-state index contributed by atoms with van der Waals surface area (Å²) >= 11 is 0. The zero-order valence-corrected chi connectivity index (χ0v) is 29.5. The second-order valence-electron chi connectivity index (χ2n) is 14.1. The average Bonchev–Trinajstić information content (AvgIpc) is 3.58. The third-order valence-electron chi connectivity index (χ3n) is 11.1. The summed E-state index contributed by atoms with van der Waals surface area (Å²) in [7, 11) is 0. The standard InChI is InChI=1S/C52H34N2/c1-3-13-35(14-4-1)41-17-7-8-18-42(41)36-23-29-40(30-24-36)53(39-15-5-2-6-16-39)49-33-27-37-26-32-46-50(34-28-38-25-31-45(49)51(37)52(38)46)54-47-21-11-9-19-43(47)44-20-10-12-22-48(44)54/h1-34H. The topological polar surface area (TPSA) is 8.17 Å². The second kappa shape index (κ2) is 12.2. The number of hydrogen-bond donors (Lipinski definition) is 0. The Bertz CT molecular complexity index is 3090. The summed E-state index contributed by atoms with van der Waals surface area (Å²) in [6, 6.07) is 75.1. The summed E-state index contributed by atoms with van der Waals surface area (Å²) in [5.41, 5.74) is 11.9. The molecule has 0 saturated carbocycles. The average molecular weight is 687 g/mol. The molecule has 1 aromatic heterocycles. The molecule has 11 aromatic rings. The maximum atomic E-state index is 2.45. The van der Waals surface area contributed by atoms with Crippen LogP contribution in [-0.2, 0) is 0 Å². The first-order chi connectivity index (χ1) is 26.8. The van der Waals surface area contributed by atoms with Crippen molar-refractivity contribution in [1.82, 2.24) is 4.57 Å². The van der Waals surface area contributed by atoms with Crippen LogP contribution in [0.25, 0.3) is 82.1 Å². The van der Waals surface area contributed by atoms with E-state index in [4.69, 9.17) is 0 Å². The fourth-order valence-corrected chi connectivity index (χ4v) is 8.74. The van der Waals surface area contributed by atoms with Crippen LogP contribution in [0, 0.1) is 0 Å². The van der Waals surface area contributed by atoms with Crippen molar-refractivity contribution in [2.45, 2.75) is 0 Å². The molecular weight excluding hydrogens is 653 g/mol. The normalized spacial score (nSPS) is 11.7. The maximum Gasteiger partial charge on any atom is 0.0541 e. The van der Waals surface area contributed by atoms with Gasteiger partial charge in [0.2, 0.25) is 0 Å². The molecule has 0 saturated heterocycles. The van der Waals surface area contributed by atoms with Gasteiger partial charge in [-0.2, -0.15) is 0 Å². The molecule has 0 spiro atoms. The minimum absolute atomic E-state index is 1.11. The third-order valence-corrected chi connectivity index (χ3v) is 11.1. The van der Waals surface area contributed by atoms with E-state index in [-0.39, 0.29) is 0 Å². The van der Waals surface area contributed by atoms with E-state index in [1.165, 1.54) is 82.1 Å². The second-order valence-corrected chi connectivity index (χ2v) is 14.1. The number of hydrogen-bond acceptors (Lipinski definition) is 1. The predicted molar refractivity (Wildman–Crippen MR) is 230 cm³/mol. The molecular formula is C52H34N2. The summed E-state index contributed by atoms with van der Waals surface area (Å²) in [6.45, 7) is 0. The Hall–Kier alpha value is -7.16. The van der Waals surface area contributed by atoms with Crippen LogP contribution in [0.5, 0.6) is 0 Å². The van der Waals surface area contributed by atoms with Gasteiger partial charge in [-0.1, -0.05) is 158 Å². The molecule has 2 nitrogen and oxygen atoms in total.